The van der Waals surface area contributed by atoms with Crippen LogP contribution in [0.15, 0.2) is 24.3 Å². The molecule has 19 heavy (non-hydrogen) atoms. The number of phenolic OH excluding ortho intramolecular Hbond substituents is 1. The molecule has 0 fully saturated rings. The Hall–Kier alpha value is -1.59. The van der Waals surface area contributed by atoms with Crippen molar-refractivity contribution in [2.45, 2.75) is 12.8 Å². The molecule has 0 unspecified atom stereocenters. The molecule has 0 aliphatic heterocycles. The van der Waals surface area contributed by atoms with E-state index in [1.165, 1.54) is 0 Å². The minimum Gasteiger partial charge on any atom is -0.508 e. The lowest BCUT2D eigenvalue weighted by Crippen LogP contribution is -2.36. The molecule has 3 N–H and O–H groups in total. The van der Waals surface area contributed by atoms with Crippen LogP contribution in [0.5, 0.6) is 5.75 Å². The average Bonchev–Trinajstić information content (AvgIpc) is 2.41. The maximum Gasteiger partial charge on any atom is 0.227 e. The molecule has 1 aromatic rings. The molecule has 0 saturated heterocycles. The standard InChI is InChI=1S/C14H22N2O3/c1-19-10-9-16(8-4-7-15)14(18)11-12-5-2-3-6-13(12)17/h2-3,5-6,17H,4,7-11,15H2,1H3. The first-order valence-electron chi connectivity index (χ1n) is 6.42. The van der Waals surface area contributed by atoms with Crippen LogP contribution < -0.4 is 5.73 Å². The molecule has 5 heteroatoms. The Balaban J connectivity index is 2.62. The number of ether oxygens (including phenoxy) is 1. The van der Waals surface area contributed by atoms with Gasteiger partial charge >= 0.3 is 0 Å². The van der Waals surface area contributed by atoms with Crippen molar-refractivity contribution in [1.82, 2.24) is 4.90 Å². The van der Waals surface area contributed by atoms with E-state index in [1.54, 1.807) is 30.2 Å². The Kier molecular flexibility index (Phi) is 6.92. The van der Waals surface area contributed by atoms with E-state index in [4.69, 9.17) is 10.5 Å². The maximum atomic E-state index is 12.2. The number of aromatic hydroxyl groups is 1. The van der Waals surface area contributed by atoms with Crippen LogP contribution in [0.2, 0.25) is 0 Å². The molecule has 1 amide bonds. The number of carbonyl (C=O) groups excluding carboxylic acids is 1. The Morgan fingerprint density at radius 2 is 2.11 bits per heavy atom. The Labute approximate surface area is 114 Å². The molecule has 0 radical (unpaired) electrons. The molecule has 0 spiro atoms. The molecule has 0 atom stereocenters. The number of nitrogens with zero attached hydrogens (tertiary/aromatic N) is 1. The largest absolute Gasteiger partial charge is 0.508 e. The van der Waals surface area contributed by atoms with Crippen LogP contribution in [0.4, 0.5) is 0 Å². The molecule has 0 aliphatic carbocycles. The van der Waals surface area contributed by atoms with Gasteiger partial charge in [0.15, 0.2) is 0 Å². The second kappa shape index (κ2) is 8.50. The van der Waals surface area contributed by atoms with E-state index in [0.29, 0.717) is 31.8 Å². The van der Waals surface area contributed by atoms with Gasteiger partial charge in [0.25, 0.3) is 0 Å². The van der Waals surface area contributed by atoms with E-state index in [1.807, 2.05) is 6.07 Å². The number of amides is 1. The highest BCUT2D eigenvalue weighted by atomic mass is 16.5. The maximum absolute atomic E-state index is 12.2. The summed E-state index contributed by atoms with van der Waals surface area (Å²) in [5.41, 5.74) is 6.11. The summed E-state index contributed by atoms with van der Waals surface area (Å²) in [6.07, 6.45) is 0.956. The number of rotatable bonds is 8. The highest BCUT2D eigenvalue weighted by Crippen LogP contribution is 2.16. The van der Waals surface area contributed by atoms with Gasteiger partial charge in [0.1, 0.15) is 5.75 Å². The smallest absolute Gasteiger partial charge is 0.227 e. The van der Waals surface area contributed by atoms with Crippen molar-refractivity contribution in [2.24, 2.45) is 5.73 Å². The fourth-order valence-corrected chi connectivity index (χ4v) is 1.78. The summed E-state index contributed by atoms with van der Waals surface area (Å²) in [4.78, 5) is 13.9. The molecule has 1 aromatic carbocycles. The fourth-order valence-electron chi connectivity index (χ4n) is 1.78. The quantitative estimate of drug-likeness (QED) is 0.728. The van der Waals surface area contributed by atoms with Crippen molar-refractivity contribution in [2.75, 3.05) is 33.4 Å². The number of phenols is 1. The highest BCUT2D eigenvalue weighted by Gasteiger charge is 2.14. The molecule has 106 valence electrons. The molecular weight excluding hydrogens is 244 g/mol. The summed E-state index contributed by atoms with van der Waals surface area (Å²) in [7, 11) is 1.61. The second-order valence-electron chi connectivity index (χ2n) is 4.32. The minimum absolute atomic E-state index is 0.0213. The van der Waals surface area contributed by atoms with Crippen molar-refractivity contribution in [1.29, 1.82) is 0 Å². The summed E-state index contributed by atoms with van der Waals surface area (Å²) in [6.45, 7) is 2.21. The van der Waals surface area contributed by atoms with Crippen LogP contribution in [-0.4, -0.2) is 49.3 Å². The third-order valence-electron chi connectivity index (χ3n) is 2.88. The van der Waals surface area contributed by atoms with Gasteiger partial charge in [0.05, 0.1) is 13.0 Å². The lowest BCUT2D eigenvalue weighted by atomic mass is 10.1. The van der Waals surface area contributed by atoms with Gasteiger partial charge in [0.2, 0.25) is 5.91 Å². The average molecular weight is 266 g/mol. The third-order valence-corrected chi connectivity index (χ3v) is 2.88. The summed E-state index contributed by atoms with van der Waals surface area (Å²) in [6, 6.07) is 6.88. The third kappa shape index (κ3) is 5.28. The van der Waals surface area contributed by atoms with Gasteiger partial charge in [-0.2, -0.15) is 0 Å². The van der Waals surface area contributed by atoms with Crippen LogP contribution in [-0.2, 0) is 16.0 Å². The Bertz CT molecular complexity index is 388. The monoisotopic (exact) mass is 266 g/mol. The van der Waals surface area contributed by atoms with E-state index in [9.17, 15) is 9.90 Å². The van der Waals surface area contributed by atoms with Gasteiger partial charge in [-0.3, -0.25) is 4.79 Å². The Morgan fingerprint density at radius 1 is 1.37 bits per heavy atom. The van der Waals surface area contributed by atoms with Gasteiger partial charge < -0.3 is 20.5 Å². The molecule has 0 heterocycles. The first-order valence-corrected chi connectivity index (χ1v) is 6.42. The second-order valence-corrected chi connectivity index (χ2v) is 4.32. The number of nitrogens with two attached hydrogens (primary N) is 1. The summed E-state index contributed by atoms with van der Waals surface area (Å²) in [5, 5.41) is 9.68. The fraction of sp³-hybridized carbons (Fsp3) is 0.500. The first kappa shape index (κ1) is 15.5. The van der Waals surface area contributed by atoms with Crippen molar-refractivity contribution in [3.8, 4) is 5.75 Å². The first-order chi connectivity index (χ1) is 9.19. The lowest BCUT2D eigenvalue weighted by Gasteiger charge is -2.22. The van der Waals surface area contributed by atoms with Crippen molar-refractivity contribution in [3.63, 3.8) is 0 Å². The predicted molar refractivity (Wildman–Crippen MR) is 73.9 cm³/mol. The topological polar surface area (TPSA) is 75.8 Å². The van der Waals surface area contributed by atoms with Crippen LogP contribution in [0.1, 0.15) is 12.0 Å². The van der Waals surface area contributed by atoms with Crippen LogP contribution in [0.25, 0.3) is 0 Å². The van der Waals surface area contributed by atoms with Gasteiger partial charge in [0, 0.05) is 25.8 Å². The van der Waals surface area contributed by atoms with Crippen LogP contribution in [0.3, 0.4) is 0 Å². The van der Waals surface area contributed by atoms with Crippen LogP contribution >= 0.6 is 0 Å². The predicted octanol–water partition coefficient (Wildman–Crippen LogP) is 0.759. The number of benzene rings is 1. The normalized spacial score (nSPS) is 10.4. The zero-order chi connectivity index (χ0) is 14.1. The molecule has 1 rings (SSSR count). The van der Waals surface area contributed by atoms with E-state index in [0.717, 1.165) is 6.42 Å². The Morgan fingerprint density at radius 3 is 2.74 bits per heavy atom. The number of methoxy groups -OCH3 is 1. The molecule has 5 nitrogen and oxygen atoms in total. The summed E-state index contributed by atoms with van der Waals surface area (Å²) in [5.74, 6) is 0.133. The number of para-hydroxylation sites is 1. The lowest BCUT2D eigenvalue weighted by molar-refractivity contribution is -0.131. The molecule has 0 aromatic heterocycles. The minimum atomic E-state index is -0.0213. The van der Waals surface area contributed by atoms with Gasteiger partial charge in [-0.1, -0.05) is 18.2 Å². The molecule has 0 bridgehead atoms. The zero-order valence-corrected chi connectivity index (χ0v) is 11.3. The van der Waals surface area contributed by atoms with Crippen molar-refractivity contribution < 1.29 is 14.6 Å². The van der Waals surface area contributed by atoms with Gasteiger partial charge in [-0.25, -0.2) is 0 Å². The van der Waals surface area contributed by atoms with Crippen molar-refractivity contribution >= 4 is 5.91 Å². The molecule has 0 aliphatic rings. The SMILES string of the molecule is COCCN(CCCN)C(=O)Cc1ccccc1O. The van der Waals surface area contributed by atoms with Crippen LogP contribution in [0, 0.1) is 0 Å². The van der Waals surface area contributed by atoms with Crippen molar-refractivity contribution in [3.05, 3.63) is 29.8 Å². The highest BCUT2D eigenvalue weighted by molar-refractivity contribution is 5.79. The number of carbonyl (C=O) groups is 1. The number of hydrogen-bond acceptors (Lipinski definition) is 4. The van der Waals surface area contributed by atoms with E-state index in [-0.39, 0.29) is 18.1 Å². The van der Waals surface area contributed by atoms with Gasteiger partial charge in [-0.15, -0.1) is 0 Å². The molecular formula is C14H22N2O3. The number of hydrogen-bond donors (Lipinski definition) is 2. The van der Waals surface area contributed by atoms with Gasteiger partial charge in [-0.05, 0) is 19.0 Å². The van der Waals surface area contributed by atoms with E-state index < -0.39 is 0 Å². The summed E-state index contributed by atoms with van der Waals surface area (Å²) < 4.78 is 5.00. The summed E-state index contributed by atoms with van der Waals surface area (Å²) >= 11 is 0. The zero-order valence-electron chi connectivity index (χ0n) is 11.3. The van der Waals surface area contributed by atoms with E-state index in [2.05, 4.69) is 0 Å². The van der Waals surface area contributed by atoms with E-state index >= 15 is 0 Å². The molecule has 0 saturated carbocycles.